The van der Waals surface area contributed by atoms with Crippen LogP contribution in [0, 0.1) is 11.3 Å². The number of fused-ring (bicyclic) bond motifs is 3. The van der Waals surface area contributed by atoms with E-state index in [4.69, 9.17) is 9.47 Å². The zero-order valence-corrected chi connectivity index (χ0v) is 17.4. The summed E-state index contributed by atoms with van der Waals surface area (Å²) in [6.45, 7) is 13.1. The molecule has 26 heavy (non-hydrogen) atoms. The van der Waals surface area contributed by atoms with Crippen molar-refractivity contribution < 1.29 is 14.3 Å². The Balaban J connectivity index is 2.27. The van der Waals surface area contributed by atoms with Crippen LogP contribution < -0.4 is 4.74 Å². The monoisotopic (exact) mass is 358 g/mol. The first-order valence-corrected chi connectivity index (χ1v) is 10.0. The maximum absolute atomic E-state index is 11.9. The van der Waals surface area contributed by atoms with Gasteiger partial charge in [-0.3, -0.25) is 4.79 Å². The summed E-state index contributed by atoms with van der Waals surface area (Å²) >= 11 is 0. The van der Waals surface area contributed by atoms with Crippen LogP contribution in [0.5, 0.6) is 5.75 Å². The highest BCUT2D eigenvalue weighted by Gasteiger charge is 2.53. The third kappa shape index (κ3) is 2.93. The van der Waals surface area contributed by atoms with Crippen LogP contribution in [0.15, 0.2) is 12.1 Å². The Hall–Kier alpha value is -1.51. The molecule has 2 aliphatic rings. The van der Waals surface area contributed by atoms with E-state index in [1.54, 1.807) is 7.11 Å². The number of ether oxygens (including phenoxy) is 2. The Bertz CT molecular complexity index is 704. The lowest BCUT2D eigenvalue weighted by Gasteiger charge is -2.56. The molecule has 0 spiro atoms. The lowest BCUT2D eigenvalue weighted by atomic mass is 9.49. The predicted molar refractivity (Wildman–Crippen MR) is 105 cm³/mol. The molecule has 1 saturated carbocycles. The molecule has 0 radical (unpaired) electrons. The predicted octanol–water partition coefficient (Wildman–Crippen LogP) is 5.91. The van der Waals surface area contributed by atoms with Crippen molar-refractivity contribution in [1.29, 1.82) is 0 Å². The molecule has 0 N–H and O–H groups in total. The number of carbonyl (C=O) groups is 1. The van der Waals surface area contributed by atoms with Crippen LogP contribution in [-0.2, 0) is 14.9 Å². The molecule has 1 fully saturated rings. The molecule has 1 aromatic rings. The Morgan fingerprint density at radius 3 is 2.46 bits per heavy atom. The van der Waals surface area contributed by atoms with Crippen molar-refractivity contribution in [2.24, 2.45) is 11.3 Å². The number of benzene rings is 1. The molecule has 0 bridgehead atoms. The van der Waals surface area contributed by atoms with Crippen molar-refractivity contribution in [3.05, 3.63) is 28.8 Å². The third-order valence-corrected chi connectivity index (χ3v) is 6.97. The van der Waals surface area contributed by atoms with E-state index < -0.39 is 0 Å². The second-order valence-corrected chi connectivity index (χ2v) is 9.44. The van der Waals surface area contributed by atoms with E-state index in [-0.39, 0.29) is 22.9 Å². The second kappa shape index (κ2) is 6.58. The molecule has 144 valence electrons. The standard InChI is InChI=1S/C23H34O3/c1-14(2)20-17(25-7)10-9-16-21(20)18(26-15(3)24)13-19-22(4,5)11-8-12-23(16,19)6/h9-10,14,18-19H,8,11-13H2,1-7H3/t18-,19+,23-/m1/s1. The topological polar surface area (TPSA) is 35.5 Å². The Morgan fingerprint density at radius 1 is 1.19 bits per heavy atom. The molecule has 2 aliphatic carbocycles. The van der Waals surface area contributed by atoms with E-state index in [2.05, 4.69) is 46.8 Å². The van der Waals surface area contributed by atoms with Gasteiger partial charge < -0.3 is 9.47 Å². The summed E-state index contributed by atoms with van der Waals surface area (Å²) in [6, 6.07) is 4.36. The number of carbonyl (C=O) groups excluding carboxylic acids is 1. The van der Waals surface area contributed by atoms with Gasteiger partial charge in [-0.2, -0.15) is 0 Å². The Morgan fingerprint density at radius 2 is 1.88 bits per heavy atom. The van der Waals surface area contributed by atoms with Crippen LogP contribution in [0.2, 0.25) is 0 Å². The van der Waals surface area contributed by atoms with Crippen LogP contribution in [0.25, 0.3) is 0 Å². The maximum atomic E-state index is 11.9. The molecule has 3 atom stereocenters. The fraction of sp³-hybridized carbons (Fsp3) is 0.696. The highest BCUT2D eigenvalue weighted by Crippen LogP contribution is 2.61. The van der Waals surface area contributed by atoms with Crippen molar-refractivity contribution in [2.75, 3.05) is 7.11 Å². The summed E-state index contributed by atoms with van der Waals surface area (Å²) in [5, 5.41) is 0. The number of rotatable bonds is 3. The van der Waals surface area contributed by atoms with Crippen LogP contribution >= 0.6 is 0 Å². The van der Waals surface area contributed by atoms with Gasteiger partial charge in [0.25, 0.3) is 0 Å². The normalized spacial score (nSPS) is 29.7. The van der Waals surface area contributed by atoms with E-state index in [0.29, 0.717) is 11.8 Å². The van der Waals surface area contributed by atoms with Gasteiger partial charge in [-0.15, -0.1) is 0 Å². The third-order valence-electron chi connectivity index (χ3n) is 6.97. The van der Waals surface area contributed by atoms with Gasteiger partial charge in [0.2, 0.25) is 0 Å². The zero-order valence-electron chi connectivity index (χ0n) is 17.4. The van der Waals surface area contributed by atoms with E-state index in [9.17, 15) is 4.79 Å². The minimum absolute atomic E-state index is 0.129. The van der Waals surface area contributed by atoms with Crippen LogP contribution in [0.1, 0.15) is 95.9 Å². The highest BCUT2D eigenvalue weighted by molar-refractivity contribution is 5.67. The van der Waals surface area contributed by atoms with Crippen molar-refractivity contribution in [1.82, 2.24) is 0 Å². The first kappa shape index (κ1) is 19.3. The molecule has 0 saturated heterocycles. The van der Waals surface area contributed by atoms with Gasteiger partial charge in [0.05, 0.1) is 7.11 Å². The average Bonchev–Trinajstić information content (AvgIpc) is 2.54. The molecule has 0 heterocycles. The number of methoxy groups -OCH3 is 1. The number of esters is 1. The van der Waals surface area contributed by atoms with Crippen LogP contribution in [0.3, 0.4) is 0 Å². The van der Waals surface area contributed by atoms with Gasteiger partial charge >= 0.3 is 5.97 Å². The van der Waals surface area contributed by atoms with Gasteiger partial charge in [0.1, 0.15) is 11.9 Å². The fourth-order valence-electron chi connectivity index (χ4n) is 5.90. The summed E-state index contributed by atoms with van der Waals surface area (Å²) in [5.74, 6) is 1.53. The average molecular weight is 359 g/mol. The van der Waals surface area contributed by atoms with Crippen molar-refractivity contribution in [2.45, 2.75) is 84.7 Å². The molecule has 0 aliphatic heterocycles. The van der Waals surface area contributed by atoms with Crippen molar-refractivity contribution in [3.63, 3.8) is 0 Å². The summed E-state index contributed by atoms with van der Waals surface area (Å²) in [5.41, 5.74) is 4.17. The largest absolute Gasteiger partial charge is 0.496 e. The molecule has 0 amide bonds. The van der Waals surface area contributed by atoms with Gasteiger partial charge in [0.15, 0.2) is 0 Å². The van der Waals surface area contributed by atoms with Crippen molar-refractivity contribution >= 4 is 5.97 Å². The van der Waals surface area contributed by atoms with Crippen LogP contribution in [0.4, 0.5) is 0 Å². The van der Waals surface area contributed by atoms with Gasteiger partial charge in [-0.25, -0.2) is 0 Å². The summed E-state index contributed by atoms with van der Waals surface area (Å²) in [6.07, 6.45) is 4.42. The first-order chi connectivity index (χ1) is 12.1. The zero-order chi connectivity index (χ0) is 19.3. The first-order valence-electron chi connectivity index (χ1n) is 10.0. The van der Waals surface area contributed by atoms with E-state index in [1.165, 1.54) is 42.9 Å². The van der Waals surface area contributed by atoms with E-state index >= 15 is 0 Å². The molecule has 3 heteroatoms. The van der Waals surface area contributed by atoms with Gasteiger partial charge in [-0.1, -0.05) is 47.1 Å². The summed E-state index contributed by atoms with van der Waals surface area (Å²) in [7, 11) is 1.73. The SMILES string of the molecule is COc1ccc2c(c1C(C)C)[C@H](OC(C)=O)C[C@H]1C(C)(C)CCC[C@]21C. The Labute approximate surface area is 158 Å². The minimum atomic E-state index is -0.198. The minimum Gasteiger partial charge on any atom is -0.496 e. The molecule has 1 aromatic carbocycles. The van der Waals surface area contributed by atoms with Gasteiger partial charge in [-0.05, 0) is 53.6 Å². The molecule has 0 aromatic heterocycles. The summed E-state index contributed by atoms with van der Waals surface area (Å²) < 4.78 is 11.6. The van der Waals surface area contributed by atoms with Gasteiger partial charge in [0, 0.05) is 18.1 Å². The smallest absolute Gasteiger partial charge is 0.303 e. The highest BCUT2D eigenvalue weighted by atomic mass is 16.5. The van der Waals surface area contributed by atoms with E-state index in [1.807, 2.05) is 0 Å². The van der Waals surface area contributed by atoms with Crippen LogP contribution in [-0.4, -0.2) is 13.1 Å². The Kier molecular flexibility index (Phi) is 4.87. The number of hydrogen-bond donors (Lipinski definition) is 0. The number of hydrogen-bond acceptors (Lipinski definition) is 3. The fourth-order valence-corrected chi connectivity index (χ4v) is 5.90. The maximum Gasteiger partial charge on any atom is 0.303 e. The summed E-state index contributed by atoms with van der Waals surface area (Å²) in [4.78, 5) is 11.9. The second-order valence-electron chi connectivity index (χ2n) is 9.44. The molecular formula is C23H34O3. The molecule has 3 nitrogen and oxygen atoms in total. The quantitative estimate of drug-likeness (QED) is 0.630. The lowest BCUT2D eigenvalue weighted by Crippen LogP contribution is -2.49. The molecule has 3 rings (SSSR count). The lowest BCUT2D eigenvalue weighted by molar-refractivity contribution is -0.150. The molecule has 0 unspecified atom stereocenters. The molecular weight excluding hydrogens is 324 g/mol. The van der Waals surface area contributed by atoms with E-state index in [0.717, 1.165) is 12.2 Å². The van der Waals surface area contributed by atoms with Crippen molar-refractivity contribution in [3.8, 4) is 5.75 Å².